The average Bonchev–Trinajstić information content (AvgIpc) is 2.54. The lowest BCUT2D eigenvalue weighted by molar-refractivity contribution is -0.160. The monoisotopic (exact) mass is 337 g/mol. The lowest BCUT2D eigenvalue weighted by Gasteiger charge is -2.31. The minimum atomic E-state index is -3.59. The third-order valence-corrected chi connectivity index (χ3v) is 4.07. The number of benzene rings is 1. The van der Waals surface area contributed by atoms with Gasteiger partial charge in [0.15, 0.2) is 0 Å². The van der Waals surface area contributed by atoms with E-state index >= 15 is 0 Å². The first-order valence-electron chi connectivity index (χ1n) is 7.12. The van der Waals surface area contributed by atoms with Gasteiger partial charge in [0.2, 0.25) is 0 Å². The van der Waals surface area contributed by atoms with Crippen molar-refractivity contribution in [3.05, 3.63) is 58.1 Å². The molecule has 0 saturated heterocycles. The van der Waals surface area contributed by atoms with Crippen molar-refractivity contribution in [1.29, 1.82) is 0 Å². The molecule has 0 unspecified atom stereocenters. The number of amides is 1. The Balaban J connectivity index is 1.83. The average molecular weight is 338 g/mol. The molecule has 1 aromatic heterocycles. The molecule has 1 aliphatic heterocycles. The van der Waals surface area contributed by atoms with Gasteiger partial charge >= 0.3 is 5.92 Å². The Hall–Kier alpha value is -2.08. The van der Waals surface area contributed by atoms with E-state index in [2.05, 4.69) is 9.97 Å². The molecule has 0 spiro atoms. The van der Waals surface area contributed by atoms with Crippen LogP contribution in [0.15, 0.2) is 30.5 Å². The van der Waals surface area contributed by atoms with Crippen LogP contribution in [0.5, 0.6) is 0 Å². The second-order valence-electron chi connectivity index (χ2n) is 5.45. The number of carbonyl (C=O) groups is 1. The van der Waals surface area contributed by atoms with Crippen LogP contribution in [-0.2, 0) is 23.7 Å². The smallest absolute Gasteiger partial charge is 0.332 e. The third kappa shape index (κ3) is 3.03. The van der Waals surface area contributed by atoms with Gasteiger partial charge in [-0.1, -0.05) is 23.7 Å². The Labute approximate surface area is 137 Å². The molecule has 7 heteroatoms. The van der Waals surface area contributed by atoms with E-state index in [0.29, 0.717) is 22.8 Å². The van der Waals surface area contributed by atoms with Gasteiger partial charge < -0.3 is 4.90 Å². The first kappa shape index (κ1) is 15.8. The molecule has 2 heterocycles. The summed E-state index contributed by atoms with van der Waals surface area (Å²) in [5, 5.41) is 0.344. The molecule has 1 amide bonds. The molecule has 0 aliphatic carbocycles. The maximum absolute atomic E-state index is 14.4. The van der Waals surface area contributed by atoms with Gasteiger partial charge in [-0.25, -0.2) is 9.97 Å². The predicted molar refractivity (Wildman–Crippen MR) is 81.2 cm³/mol. The molecule has 0 fully saturated rings. The first-order chi connectivity index (χ1) is 10.9. The van der Waals surface area contributed by atoms with E-state index in [-0.39, 0.29) is 18.7 Å². The summed E-state index contributed by atoms with van der Waals surface area (Å²) in [6.07, 6.45) is 2.04. The Morgan fingerprint density at radius 2 is 2.00 bits per heavy atom. The van der Waals surface area contributed by atoms with E-state index in [4.69, 9.17) is 11.6 Å². The van der Waals surface area contributed by atoms with Crippen molar-refractivity contribution < 1.29 is 13.6 Å². The molecule has 0 radical (unpaired) electrons. The zero-order valence-corrected chi connectivity index (χ0v) is 13.1. The Morgan fingerprint density at radius 3 is 2.70 bits per heavy atom. The van der Waals surface area contributed by atoms with Gasteiger partial charge in [-0.05, 0) is 19.1 Å². The van der Waals surface area contributed by atoms with Crippen LogP contribution in [0.1, 0.15) is 22.6 Å². The maximum atomic E-state index is 14.4. The van der Waals surface area contributed by atoms with Gasteiger partial charge in [-0.3, -0.25) is 4.79 Å². The fourth-order valence-electron chi connectivity index (χ4n) is 2.57. The number of fused-ring (bicyclic) bond motifs is 1. The number of carbonyl (C=O) groups excluding carboxylic acids is 1. The fraction of sp³-hybridized carbons (Fsp3) is 0.312. The normalized spacial score (nSPS) is 14.5. The number of hydrogen-bond acceptors (Lipinski definition) is 3. The summed E-state index contributed by atoms with van der Waals surface area (Å²) in [5.74, 6) is -4.17. The number of aromatic nitrogens is 2. The molecule has 0 saturated carbocycles. The summed E-state index contributed by atoms with van der Waals surface area (Å²) in [6, 6.07) is 5.04. The molecule has 1 aliphatic rings. The summed E-state index contributed by atoms with van der Waals surface area (Å²) in [6.45, 7) is 2.08. The highest BCUT2D eigenvalue weighted by Gasteiger charge is 2.44. The van der Waals surface area contributed by atoms with Gasteiger partial charge in [0.05, 0.1) is 5.69 Å². The van der Waals surface area contributed by atoms with E-state index in [9.17, 15) is 13.6 Å². The molecule has 3 rings (SSSR count). The van der Waals surface area contributed by atoms with Crippen molar-refractivity contribution in [3.63, 3.8) is 0 Å². The number of halogens is 3. The largest absolute Gasteiger partial charge is 0.349 e. The number of aryl methyl sites for hydroxylation is 1. The summed E-state index contributed by atoms with van der Waals surface area (Å²) in [7, 11) is 0. The molecule has 0 bridgehead atoms. The maximum Gasteiger partial charge on any atom is 0.349 e. The molecular formula is C16H14ClF2N3O. The summed E-state index contributed by atoms with van der Waals surface area (Å²) < 4.78 is 28.9. The number of hydrogen-bond donors (Lipinski definition) is 0. The van der Waals surface area contributed by atoms with Crippen LogP contribution in [-0.4, -0.2) is 27.3 Å². The third-order valence-electron chi connectivity index (χ3n) is 3.82. The van der Waals surface area contributed by atoms with E-state index < -0.39 is 11.8 Å². The van der Waals surface area contributed by atoms with Gasteiger partial charge in [0.25, 0.3) is 5.91 Å². The van der Waals surface area contributed by atoms with Crippen molar-refractivity contribution in [2.45, 2.75) is 25.8 Å². The van der Waals surface area contributed by atoms with Crippen molar-refractivity contribution in [2.75, 3.05) is 6.54 Å². The second kappa shape index (κ2) is 5.85. The van der Waals surface area contributed by atoms with Gasteiger partial charge in [-0.2, -0.15) is 8.78 Å². The standard InChI is InChI=1S/C16H14ClF2N3O/c1-10-20-8-11-9-22(7-6-14(11)21-10)15(23)16(18,19)12-2-4-13(17)5-3-12/h2-5,8H,6-7,9H2,1H3. The van der Waals surface area contributed by atoms with Crippen LogP contribution in [0.4, 0.5) is 8.78 Å². The lowest BCUT2D eigenvalue weighted by Crippen LogP contribution is -2.44. The Morgan fingerprint density at radius 1 is 1.30 bits per heavy atom. The molecule has 4 nitrogen and oxygen atoms in total. The highest BCUT2D eigenvalue weighted by Crippen LogP contribution is 2.32. The van der Waals surface area contributed by atoms with Crippen molar-refractivity contribution in [1.82, 2.24) is 14.9 Å². The van der Waals surface area contributed by atoms with Gasteiger partial charge in [0.1, 0.15) is 5.82 Å². The van der Waals surface area contributed by atoms with Crippen LogP contribution >= 0.6 is 11.6 Å². The number of rotatable bonds is 2. The van der Waals surface area contributed by atoms with E-state index in [1.807, 2.05) is 0 Å². The van der Waals surface area contributed by atoms with Crippen LogP contribution in [0.25, 0.3) is 0 Å². The minimum absolute atomic E-state index is 0.0949. The van der Waals surface area contributed by atoms with Gasteiger partial charge in [0, 0.05) is 41.9 Å². The Bertz CT molecular complexity index is 749. The molecule has 1 aromatic carbocycles. The molecule has 2 aromatic rings. The van der Waals surface area contributed by atoms with Gasteiger partial charge in [-0.15, -0.1) is 0 Å². The number of nitrogens with zero attached hydrogens (tertiary/aromatic N) is 3. The minimum Gasteiger partial charge on any atom is -0.332 e. The van der Waals surface area contributed by atoms with Crippen LogP contribution in [0.3, 0.4) is 0 Å². The molecule has 0 N–H and O–H groups in total. The van der Waals surface area contributed by atoms with E-state index in [1.165, 1.54) is 24.3 Å². The fourth-order valence-corrected chi connectivity index (χ4v) is 2.70. The molecular weight excluding hydrogens is 324 g/mol. The highest BCUT2D eigenvalue weighted by molar-refractivity contribution is 6.30. The SMILES string of the molecule is Cc1ncc2c(n1)CCN(C(=O)C(F)(F)c1ccc(Cl)cc1)C2. The van der Waals surface area contributed by atoms with Crippen molar-refractivity contribution >= 4 is 17.5 Å². The first-order valence-corrected chi connectivity index (χ1v) is 7.50. The van der Waals surface area contributed by atoms with Crippen molar-refractivity contribution in [3.8, 4) is 0 Å². The topological polar surface area (TPSA) is 46.1 Å². The predicted octanol–water partition coefficient (Wildman–Crippen LogP) is 3.12. The molecule has 23 heavy (non-hydrogen) atoms. The molecule has 120 valence electrons. The quantitative estimate of drug-likeness (QED) is 0.846. The van der Waals surface area contributed by atoms with E-state index in [0.717, 1.165) is 10.6 Å². The number of alkyl halides is 2. The summed E-state index contributed by atoms with van der Waals surface area (Å²) in [5.41, 5.74) is 1.16. The van der Waals surface area contributed by atoms with Crippen LogP contribution in [0, 0.1) is 6.92 Å². The lowest BCUT2D eigenvalue weighted by atomic mass is 10.0. The summed E-state index contributed by atoms with van der Waals surface area (Å²) >= 11 is 5.70. The van der Waals surface area contributed by atoms with Crippen LogP contribution in [0.2, 0.25) is 5.02 Å². The summed E-state index contributed by atoms with van der Waals surface area (Å²) in [4.78, 5) is 21.8. The van der Waals surface area contributed by atoms with Crippen LogP contribution < -0.4 is 0 Å². The van der Waals surface area contributed by atoms with E-state index in [1.54, 1.807) is 13.1 Å². The second-order valence-corrected chi connectivity index (χ2v) is 5.88. The molecule has 0 atom stereocenters. The zero-order valence-electron chi connectivity index (χ0n) is 12.4. The highest BCUT2D eigenvalue weighted by atomic mass is 35.5. The van der Waals surface area contributed by atoms with Crippen molar-refractivity contribution in [2.24, 2.45) is 0 Å². The zero-order chi connectivity index (χ0) is 16.6. The Kier molecular flexibility index (Phi) is 4.02.